The van der Waals surface area contributed by atoms with Gasteiger partial charge in [-0.1, -0.05) is 6.07 Å². The first-order chi connectivity index (χ1) is 9.16. The maximum Gasteiger partial charge on any atom is 0.255 e. The molecule has 4 nitrogen and oxygen atoms in total. The van der Waals surface area contributed by atoms with E-state index in [1.807, 2.05) is 18.2 Å². The number of pyridine rings is 2. The summed E-state index contributed by atoms with van der Waals surface area (Å²) in [5.74, 6) is -0.0315. The average molecular weight is 320 g/mol. The maximum atomic E-state index is 12.1. The number of carbonyl (C=O) groups is 1. The summed E-state index contributed by atoms with van der Waals surface area (Å²) in [5.41, 5.74) is 1.57. The first-order valence-corrected chi connectivity index (χ1v) is 6.73. The molecule has 2 aromatic heterocycles. The molecule has 0 saturated heterocycles. The fourth-order valence-electron chi connectivity index (χ4n) is 1.65. The Morgan fingerprint density at radius 2 is 2.11 bits per heavy atom. The summed E-state index contributed by atoms with van der Waals surface area (Å²) < 4.78 is 0.722. The first kappa shape index (κ1) is 13.7. The number of amides is 1. The van der Waals surface area contributed by atoms with Gasteiger partial charge in [0.25, 0.3) is 5.91 Å². The van der Waals surface area contributed by atoms with Gasteiger partial charge in [-0.3, -0.25) is 9.78 Å². The minimum Gasteiger partial charge on any atom is -0.341 e. The zero-order valence-electron chi connectivity index (χ0n) is 10.6. The number of likely N-dealkylation sites (N-methyl/N-ethyl adjacent to an activating group) is 1. The summed E-state index contributed by atoms with van der Waals surface area (Å²) in [6.07, 6.45) is 4.08. The highest BCUT2D eigenvalue weighted by atomic mass is 79.9. The summed E-state index contributed by atoms with van der Waals surface area (Å²) >= 11 is 3.25. The number of hydrogen-bond acceptors (Lipinski definition) is 3. The molecule has 0 unspecified atom stereocenters. The molecular formula is C14H14BrN3O. The molecule has 0 fully saturated rings. The fourth-order valence-corrected chi connectivity index (χ4v) is 1.89. The van der Waals surface area contributed by atoms with Crippen LogP contribution in [-0.2, 0) is 6.42 Å². The molecule has 0 bridgehead atoms. The van der Waals surface area contributed by atoms with Gasteiger partial charge in [0.1, 0.15) is 4.60 Å². The summed E-state index contributed by atoms with van der Waals surface area (Å²) in [7, 11) is 1.79. The molecular weight excluding hydrogens is 306 g/mol. The van der Waals surface area contributed by atoms with Crippen molar-refractivity contribution in [3.8, 4) is 0 Å². The smallest absolute Gasteiger partial charge is 0.255 e. The predicted molar refractivity (Wildman–Crippen MR) is 76.8 cm³/mol. The SMILES string of the molecule is CN(CCc1ccccn1)C(=O)c1ccc(Br)nc1. The highest BCUT2D eigenvalue weighted by Gasteiger charge is 2.11. The second-order valence-electron chi connectivity index (χ2n) is 4.17. The van der Waals surface area contributed by atoms with Crippen LogP contribution in [0.15, 0.2) is 47.3 Å². The molecule has 0 spiro atoms. The molecule has 2 aromatic rings. The van der Waals surface area contributed by atoms with Crippen molar-refractivity contribution in [3.05, 3.63) is 58.6 Å². The minimum absolute atomic E-state index is 0.0315. The van der Waals surface area contributed by atoms with Crippen LogP contribution in [0.5, 0.6) is 0 Å². The van der Waals surface area contributed by atoms with Gasteiger partial charge in [0.15, 0.2) is 0 Å². The van der Waals surface area contributed by atoms with Crippen molar-refractivity contribution in [1.82, 2.24) is 14.9 Å². The standard InChI is InChI=1S/C14H14BrN3O/c1-18(9-7-12-4-2-3-8-16-12)14(19)11-5-6-13(15)17-10-11/h2-6,8,10H,7,9H2,1H3. The van der Waals surface area contributed by atoms with Crippen molar-refractivity contribution in [1.29, 1.82) is 0 Å². The maximum absolute atomic E-state index is 12.1. The van der Waals surface area contributed by atoms with E-state index < -0.39 is 0 Å². The predicted octanol–water partition coefficient (Wildman–Crippen LogP) is 2.55. The Labute approximate surface area is 120 Å². The number of hydrogen-bond donors (Lipinski definition) is 0. The van der Waals surface area contributed by atoms with Crippen LogP contribution in [0.3, 0.4) is 0 Å². The molecule has 0 saturated carbocycles. The molecule has 2 heterocycles. The van der Waals surface area contributed by atoms with E-state index in [1.54, 1.807) is 36.5 Å². The van der Waals surface area contributed by atoms with Crippen LogP contribution in [-0.4, -0.2) is 34.4 Å². The molecule has 0 radical (unpaired) electrons. The largest absolute Gasteiger partial charge is 0.341 e. The monoisotopic (exact) mass is 319 g/mol. The Bertz CT molecular complexity index is 542. The Morgan fingerprint density at radius 1 is 1.26 bits per heavy atom. The topological polar surface area (TPSA) is 46.1 Å². The van der Waals surface area contributed by atoms with E-state index in [9.17, 15) is 4.79 Å². The van der Waals surface area contributed by atoms with Crippen molar-refractivity contribution < 1.29 is 4.79 Å². The van der Waals surface area contributed by atoms with Gasteiger partial charge < -0.3 is 4.90 Å². The third-order valence-corrected chi connectivity index (χ3v) is 3.22. The lowest BCUT2D eigenvalue weighted by molar-refractivity contribution is 0.0796. The normalized spacial score (nSPS) is 10.2. The van der Waals surface area contributed by atoms with Crippen molar-refractivity contribution in [2.75, 3.05) is 13.6 Å². The molecule has 98 valence electrons. The third-order valence-electron chi connectivity index (χ3n) is 2.75. The summed E-state index contributed by atoms with van der Waals surface area (Å²) in [6.45, 7) is 0.631. The van der Waals surface area contributed by atoms with Crippen LogP contribution >= 0.6 is 15.9 Å². The number of nitrogens with zero attached hydrogens (tertiary/aromatic N) is 3. The van der Waals surface area contributed by atoms with Gasteiger partial charge in [0.2, 0.25) is 0 Å². The van der Waals surface area contributed by atoms with Gasteiger partial charge in [0, 0.05) is 38.1 Å². The molecule has 0 aromatic carbocycles. The van der Waals surface area contributed by atoms with Gasteiger partial charge in [0.05, 0.1) is 5.56 Å². The van der Waals surface area contributed by atoms with E-state index in [0.29, 0.717) is 12.1 Å². The molecule has 0 atom stereocenters. The lowest BCUT2D eigenvalue weighted by Crippen LogP contribution is -2.29. The first-order valence-electron chi connectivity index (χ1n) is 5.94. The van der Waals surface area contributed by atoms with E-state index in [4.69, 9.17) is 0 Å². The number of aromatic nitrogens is 2. The lowest BCUT2D eigenvalue weighted by atomic mass is 10.2. The van der Waals surface area contributed by atoms with Crippen molar-refractivity contribution in [2.24, 2.45) is 0 Å². The van der Waals surface area contributed by atoms with Crippen molar-refractivity contribution >= 4 is 21.8 Å². The van der Waals surface area contributed by atoms with Crippen LogP contribution in [0, 0.1) is 0 Å². The van der Waals surface area contributed by atoms with E-state index in [-0.39, 0.29) is 5.91 Å². The van der Waals surface area contributed by atoms with Crippen LogP contribution in [0.25, 0.3) is 0 Å². The van der Waals surface area contributed by atoms with Crippen molar-refractivity contribution in [3.63, 3.8) is 0 Å². The van der Waals surface area contributed by atoms with E-state index >= 15 is 0 Å². The Kier molecular flexibility index (Phi) is 4.63. The van der Waals surface area contributed by atoms with Crippen molar-refractivity contribution in [2.45, 2.75) is 6.42 Å². The molecule has 1 amide bonds. The van der Waals surface area contributed by atoms with E-state index in [0.717, 1.165) is 16.7 Å². The van der Waals surface area contributed by atoms with E-state index in [2.05, 4.69) is 25.9 Å². The fraction of sp³-hybridized carbons (Fsp3) is 0.214. The quantitative estimate of drug-likeness (QED) is 0.814. The highest BCUT2D eigenvalue weighted by Crippen LogP contribution is 2.08. The number of halogens is 1. The van der Waals surface area contributed by atoms with Gasteiger partial charge in [-0.25, -0.2) is 4.98 Å². The van der Waals surface area contributed by atoms with Crippen LogP contribution in [0.1, 0.15) is 16.1 Å². The molecule has 0 aliphatic carbocycles. The second kappa shape index (κ2) is 6.43. The highest BCUT2D eigenvalue weighted by molar-refractivity contribution is 9.10. The third kappa shape index (κ3) is 3.86. The summed E-state index contributed by atoms with van der Waals surface area (Å²) in [4.78, 5) is 22.1. The van der Waals surface area contributed by atoms with Gasteiger partial charge >= 0.3 is 0 Å². The zero-order valence-corrected chi connectivity index (χ0v) is 12.2. The Morgan fingerprint density at radius 3 is 2.74 bits per heavy atom. The van der Waals surface area contributed by atoms with Crippen LogP contribution in [0.4, 0.5) is 0 Å². The van der Waals surface area contributed by atoms with Gasteiger partial charge in [-0.05, 0) is 40.2 Å². The summed E-state index contributed by atoms with van der Waals surface area (Å²) in [5, 5.41) is 0. The molecule has 0 aliphatic rings. The van der Waals surface area contributed by atoms with Crippen LogP contribution in [0.2, 0.25) is 0 Å². The number of carbonyl (C=O) groups excluding carboxylic acids is 1. The van der Waals surface area contributed by atoms with Gasteiger partial charge in [-0.15, -0.1) is 0 Å². The molecule has 19 heavy (non-hydrogen) atoms. The average Bonchev–Trinajstić information content (AvgIpc) is 2.46. The Hall–Kier alpha value is -1.75. The van der Waals surface area contributed by atoms with E-state index in [1.165, 1.54) is 0 Å². The summed E-state index contributed by atoms with van der Waals surface area (Å²) in [6, 6.07) is 9.31. The van der Waals surface area contributed by atoms with Gasteiger partial charge in [-0.2, -0.15) is 0 Å². The minimum atomic E-state index is -0.0315. The molecule has 0 aliphatic heterocycles. The molecule has 0 N–H and O–H groups in total. The zero-order chi connectivity index (χ0) is 13.7. The molecule has 2 rings (SSSR count). The van der Waals surface area contributed by atoms with Crippen LogP contribution < -0.4 is 0 Å². The number of rotatable bonds is 4. The second-order valence-corrected chi connectivity index (χ2v) is 4.98. The lowest BCUT2D eigenvalue weighted by Gasteiger charge is -2.16. The molecule has 5 heteroatoms. The Balaban J connectivity index is 1.94.